The van der Waals surface area contributed by atoms with Crippen molar-refractivity contribution in [1.82, 2.24) is 18.5 Å². The number of nitrogens with zero attached hydrogens (tertiary/aromatic N) is 4. The summed E-state index contributed by atoms with van der Waals surface area (Å²) >= 11 is 0. The second-order valence-electron chi connectivity index (χ2n) is 13.2. The van der Waals surface area contributed by atoms with Crippen molar-refractivity contribution in [1.29, 1.82) is 0 Å². The molecule has 4 heteroatoms. The molecule has 7 aromatic carbocycles. The fraction of sp³-hybridized carbons (Fsp3) is 0. The first-order valence-electron chi connectivity index (χ1n) is 16.8. The van der Waals surface area contributed by atoms with Crippen molar-refractivity contribution in [3.8, 4) is 11.5 Å². The van der Waals surface area contributed by atoms with Crippen LogP contribution in [0, 0.1) is 0 Å². The van der Waals surface area contributed by atoms with Crippen LogP contribution in [-0.4, -0.2) is 18.5 Å². The molecule has 0 saturated carbocycles. The van der Waals surface area contributed by atoms with Gasteiger partial charge in [0.1, 0.15) is 5.82 Å². The highest BCUT2D eigenvalue weighted by Crippen LogP contribution is 2.47. The molecule has 0 fully saturated rings. The van der Waals surface area contributed by atoms with Crippen molar-refractivity contribution in [3.63, 3.8) is 0 Å². The molecular formula is C45H26N4. The number of rotatable bonds is 2. The first-order chi connectivity index (χ1) is 24.3. The van der Waals surface area contributed by atoms with Gasteiger partial charge in [0.2, 0.25) is 0 Å². The topological polar surface area (TPSA) is 27.2 Å². The summed E-state index contributed by atoms with van der Waals surface area (Å²) in [6, 6.07) is 55.2. The van der Waals surface area contributed by atoms with Crippen LogP contribution in [0.25, 0.3) is 104 Å². The quantitative estimate of drug-likeness (QED) is 0.188. The van der Waals surface area contributed by atoms with Crippen LogP contribution < -0.4 is 0 Å². The molecule has 226 valence electrons. The Balaban J connectivity index is 1.30. The smallest absolute Gasteiger partial charge is 0.138 e. The molecule has 5 heterocycles. The molecule has 12 rings (SSSR count). The number of benzene rings is 7. The zero-order valence-corrected chi connectivity index (χ0v) is 26.3. The monoisotopic (exact) mass is 622 g/mol. The summed E-state index contributed by atoms with van der Waals surface area (Å²) < 4.78 is 7.21. The highest BCUT2D eigenvalue weighted by molar-refractivity contribution is 6.36. The van der Waals surface area contributed by atoms with Gasteiger partial charge in [-0.05, 0) is 65.4 Å². The first kappa shape index (κ1) is 25.4. The molecule has 0 aliphatic carbocycles. The Morgan fingerprint density at radius 1 is 0.367 bits per heavy atom. The van der Waals surface area contributed by atoms with Gasteiger partial charge in [-0.2, -0.15) is 0 Å². The average molecular weight is 623 g/mol. The van der Waals surface area contributed by atoms with Crippen molar-refractivity contribution in [2.75, 3.05) is 0 Å². The normalized spacial score (nSPS) is 12.5. The third-order valence-electron chi connectivity index (χ3n) is 10.8. The summed E-state index contributed by atoms with van der Waals surface area (Å²) in [6.07, 6.45) is 2.06. The third-order valence-corrected chi connectivity index (χ3v) is 10.8. The lowest BCUT2D eigenvalue weighted by molar-refractivity contribution is 1.08. The molecule has 12 aromatic rings. The van der Waals surface area contributed by atoms with Crippen LogP contribution in [0.2, 0.25) is 0 Å². The van der Waals surface area contributed by atoms with Gasteiger partial charge in [-0.15, -0.1) is 0 Å². The van der Waals surface area contributed by atoms with Crippen molar-refractivity contribution in [2.24, 2.45) is 0 Å². The highest BCUT2D eigenvalue weighted by Gasteiger charge is 2.25. The minimum absolute atomic E-state index is 0.917. The molecule has 0 aliphatic rings. The van der Waals surface area contributed by atoms with Gasteiger partial charge in [0.15, 0.2) is 0 Å². The van der Waals surface area contributed by atoms with E-state index >= 15 is 0 Å². The highest BCUT2D eigenvalue weighted by atomic mass is 15.1. The second-order valence-corrected chi connectivity index (χ2v) is 13.2. The van der Waals surface area contributed by atoms with E-state index in [0.717, 1.165) is 22.5 Å². The fourth-order valence-electron chi connectivity index (χ4n) is 8.78. The molecule has 0 saturated heterocycles. The largest absolute Gasteiger partial charge is 0.308 e. The Bertz CT molecular complexity index is 3320. The van der Waals surface area contributed by atoms with Crippen molar-refractivity contribution in [2.45, 2.75) is 0 Å². The standard InChI is InChI=1S/C45H26N4/c1-2-14-29(15-3-1)47-36-19-9-6-16-30(36)33-25-42(46-26-41(33)47)48-39-23-28-13-5-4-12-27(28)22-35(39)43-40(48)24-34-31-17-7-10-20-37(31)49-38-21-11-8-18-32(38)44(43)45(34)49/h1-26H. The Morgan fingerprint density at radius 3 is 1.80 bits per heavy atom. The van der Waals surface area contributed by atoms with Gasteiger partial charge >= 0.3 is 0 Å². The Morgan fingerprint density at radius 2 is 1.00 bits per heavy atom. The number of aromatic nitrogens is 4. The lowest BCUT2D eigenvalue weighted by Crippen LogP contribution is -1.98. The van der Waals surface area contributed by atoms with Crippen LogP contribution in [-0.2, 0) is 0 Å². The van der Waals surface area contributed by atoms with Gasteiger partial charge in [0, 0.05) is 48.8 Å². The zero-order chi connectivity index (χ0) is 31.8. The second kappa shape index (κ2) is 9.03. The van der Waals surface area contributed by atoms with Crippen LogP contribution in [0.15, 0.2) is 158 Å². The SMILES string of the molecule is c1ccc(-n2c3ccccc3c3cc(-n4c5cc6ccccc6cc5c5c6c7ccccc7n7c8ccccc8c(cc54)c67)ncc32)cc1. The van der Waals surface area contributed by atoms with E-state index in [2.05, 4.69) is 171 Å². The van der Waals surface area contributed by atoms with E-state index in [1.165, 1.54) is 81.4 Å². The Labute approximate surface area is 279 Å². The number of fused-ring (bicyclic) bond motifs is 14. The molecule has 0 radical (unpaired) electrons. The summed E-state index contributed by atoms with van der Waals surface area (Å²) in [6.45, 7) is 0. The number of para-hydroxylation sites is 4. The van der Waals surface area contributed by atoms with Gasteiger partial charge in [-0.3, -0.25) is 4.57 Å². The first-order valence-corrected chi connectivity index (χ1v) is 16.8. The molecule has 0 spiro atoms. The summed E-state index contributed by atoms with van der Waals surface area (Å²) in [7, 11) is 0. The molecule has 4 nitrogen and oxygen atoms in total. The van der Waals surface area contributed by atoms with Crippen LogP contribution in [0.5, 0.6) is 0 Å². The number of hydrogen-bond acceptors (Lipinski definition) is 1. The summed E-state index contributed by atoms with van der Waals surface area (Å²) in [5, 5.41) is 12.5. The van der Waals surface area contributed by atoms with Crippen molar-refractivity contribution < 1.29 is 0 Å². The minimum atomic E-state index is 0.917. The van der Waals surface area contributed by atoms with Gasteiger partial charge in [0.25, 0.3) is 0 Å². The summed E-state index contributed by atoms with van der Waals surface area (Å²) in [5.74, 6) is 0.917. The van der Waals surface area contributed by atoms with Gasteiger partial charge in [-0.25, -0.2) is 4.98 Å². The van der Waals surface area contributed by atoms with Gasteiger partial charge in [0.05, 0.1) is 44.8 Å². The van der Waals surface area contributed by atoms with Crippen LogP contribution >= 0.6 is 0 Å². The molecule has 5 aromatic heterocycles. The number of pyridine rings is 1. The van der Waals surface area contributed by atoms with Crippen molar-refractivity contribution >= 4 is 92.5 Å². The molecular weight excluding hydrogens is 597 g/mol. The third kappa shape index (κ3) is 3.16. The lowest BCUT2D eigenvalue weighted by atomic mass is 10.0. The molecule has 0 atom stereocenters. The van der Waals surface area contributed by atoms with E-state index in [9.17, 15) is 0 Å². The summed E-state index contributed by atoms with van der Waals surface area (Å²) in [5.41, 5.74) is 9.51. The molecule has 0 unspecified atom stereocenters. The molecule has 49 heavy (non-hydrogen) atoms. The van der Waals surface area contributed by atoms with Crippen LogP contribution in [0.4, 0.5) is 0 Å². The van der Waals surface area contributed by atoms with E-state index in [-0.39, 0.29) is 0 Å². The van der Waals surface area contributed by atoms with Gasteiger partial charge < -0.3 is 8.97 Å². The predicted octanol–water partition coefficient (Wildman–Crippen LogP) is 11.6. The Kier molecular flexibility index (Phi) is 4.69. The zero-order valence-electron chi connectivity index (χ0n) is 26.3. The van der Waals surface area contributed by atoms with E-state index in [4.69, 9.17) is 4.98 Å². The fourth-order valence-corrected chi connectivity index (χ4v) is 8.78. The predicted molar refractivity (Wildman–Crippen MR) is 205 cm³/mol. The van der Waals surface area contributed by atoms with Crippen LogP contribution in [0.1, 0.15) is 0 Å². The maximum Gasteiger partial charge on any atom is 0.138 e. The minimum Gasteiger partial charge on any atom is -0.308 e. The molecule has 0 N–H and O–H groups in total. The lowest BCUT2D eigenvalue weighted by Gasteiger charge is -2.10. The molecule has 0 bridgehead atoms. The van der Waals surface area contributed by atoms with E-state index in [0.29, 0.717) is 0 Å². The molecule has 0 amide bonds. The van der Waals surface area contributed by atoms with E-state index in [1.54, 1.807) is 0 Å². The summed E-state index contributed by atoms with van der Waals surface area (Å²) in [4.78, 5) is 5.29. The Hall–Kier alpha value is -6.65. The van der Waals surface area contributed by atoms with E-state index in [1.807, 2.05) is 0 Å². The van der Waals surface area contributed by atoms with Gasteiger partial charge in [-0.1, -0.05) is 97.1 Å². The van der Waals surface area contributed by atoms with E-state index < -0.39 is 0 Å². The maximum absolute atomic E-state index is 5.29. The van der Waals surface area contributed by atoms with Crippen LogP contribution in [0.3, 0.4) is 0 Å². The van der Waals surface area contributed by atoms with Crippen molar-refractivity contribution in [3.05, 3.63) is 158 Å². The number of hydrogen-bond donors (Lipinski definition) is 0. The average Bonchev–Trinajstić information content (AvgIpc) is 3.87. The maximum atomic E-state index is 5.29. The molecule has 0 aliphatic heterocycles.